The lowest BCUT2D eigenvalue weighted by atomic mass is 10.2. The van der Waals surface area contributed by atoms with Crippen LogP contribution < -0.4 is 4.74 Å². The molecular weight excluding hydrogens is 360 g/mol. The smallest absolute Gasteiger partial charge is 0.358 e. The minimum Gasteiger partial charge on any atom is -0.476 e. The Morgan fingerprint density at radius 2 is 2.10 bits per heavy atom. The third-order valence-corrected chi connectivity index (χ3v) is 3.46. The fourth-order valence-corrected chi connectivity index (χ4v) is 2.33. The Bertz CT molecular complexity index is 692. The molecular formula is C14H12BrClN2O3. The lowest BCUT2D eigenvalue weighted by Gasteiger charge is -2.11. The summed E-state index contributed by atoms with van der Waals surface area (Å²) in [7, 11) is 0. The van der Waals surface area contributed by atoms with Crippen molar-refractivity contribution in [3.05, 3.63) is 45.4 Å². The highest BCUT2D eigenvalue weighted by atomic mass is 79.9. The molecule has 1 N–H and O–H groups in total. The van der Waals surface area contributed by atoms with Crippen molar-refractivity contribution in [2.24, 2.45) is 0 Å². The summed E-state index contributed by atoms with van der Waals surface area (Å²) in [6, 6.07) is 4.93. The number of nitrogens with zero attached hydrogens (tertiary/aromatic N) is 2. The second-order valence-electron chi connectivity index (χ2n) is 4.58. The summed E-state index contributed by atoms with van der Waals surface area (Å²) in [5.74, 6) is -0.175. The average molecular weight is 372 g/mol. The van der Waals surface area contributed by atoms with E-state index in [9.17, 15) is 9.90 Å². The van der Waals surface area contributed by atoms with E-state index in [4.69, 9.17) is 16.3 Å². The van der Waals surface area contributed by atoms with Crippen LogP contribution >= 0.6 is 27.5 Å². The summed E-state index contributed by atoms with van der Waals surface area (Å²) in [4.78, 5) is 19.5. The van der Waals surface area contributed by atoms with Crippen LogP contribution in [-0.4, -0.2) is 21.0 Å². The van der Waals surface area contributed by atoms with Gasteiger partial charge in [-0.1, -0.05) is 25.4 Å². The zero-order chi connectivity index (χ0) is 15.6. The minimum atomic E-state index is -1.17. The topological polar surface area (TPSA) is 72.3 Å². The molecule has 0 atom stereocenters. The van der Waals surface area contributed by atoms with Crippen molar-refractivity contribution in [3.8, 4) is 11.5 Å². The first-order chi connectivity index (χ1) is 9.88. The van der Waals surface area contributed by atoms with E-state index in [0.29, 0.717) is 21.1 Å². The second-order valence-corrected chi connectivity index (χ2v) is 5.87. The van der Waals surface area contributed by atoms with E-state index in [-0.39, 0.29) is 17.4 Å². The van der Waals surface area contributed by atoms with Gasteiger partial charge in [0, 0.05) is 10.9 Å². The number of aromatic nitrogens is 2. The molecule has 0 amide bonds. The molecule has 0 saturated heterocycles. The summed E-state index contributed by atoms with van der Waals surface area (Å²) in [6.45, 7) is 3.77. The lowest BCUT2D eigenvalue weighted by Crippen LogP contribution is -2.08. The van der Waals surface area contributed by atoms with Crippen LogP contribution in [0.4, 0.5) is 0 Å². The van der Waals surface area contributed by atoms with Crippen molar-refractivity contribution in [1.82, 2.24) is 9.97 Å². The number of carboxylic acid groups (broad SMARTS) is 1. The Morgan fingerprint density at radius 3 is 2.67 bits per heavy atom. The van der Waals surface area contributed by atoms with E-state index in [1.807, 2.05) is 13.8 Å². The Hall–Kier alpha value is -1.66. The number of halogens is 2. The van der Waals surface area contributed by atoms with Crippen LogP contribution in [-0.2, 0) is 0 Å². The van der Waals surface area contributed by atoms with E-state index in [1.54, 1.807) is 18.2 Å². The zero-order valence-corrected chi connectivity index (χ0v) is 13.6. The summed E-state index contributed by atoms with van der Waals surface area (Å²) in [5, 5.41) is 9.80. The van der Waals surface area contributed by atoms with Crippen molar-refractivity contribution in [3.63, 3.8) is 0 Å². The van der Waals surface area contributed by atoms with Crippen molar-refractivity contribution in [1.29, 1.82) is 0 Å². The van der Waals surface area contributed by atoms with E-state index in [2.05, 4.69) is 25.9 Å². The van der Waals surface area contributed by atoms with Gasteiger partial charge in [0.05, 0.1) is 10.7 Å². The third kappa shape index (κ3) is 3.71. The first-order valence-corrected chi connectivity index (χ1v) is 7.28. The summed E-state index contributed by atoms with van der Waals surface area (Å²) >= 11 is 9.16. The van der Waals surface area contributed by atoms with Crippen molar-refractivity contribution < 1.29 is 14.6 Å². The van der Waals surface area contributed by atoms with Crippen LogP contribution in [0.15, 0.2) is 28.9 Å². The molecule has 0 fully saturated rings. The molecule has 0 bridgehead atoms. The van der Waals surface area contributed by atoms with Gasteiger partial charge in [0.2, 0.25) is 0 Å². The van der Waals surface area contributed by atoms with Gasteiger partial charge in [-0.3, -0.25) is 0 Å². The molecule has 5 nitrogen and oxygen atoms in total. The highest BCUT2D eigenvalue weighted by Gasteiger charge is 2.18. The number of hydrogen-bond donors (Lipinski definition) is 1. The van der Waals surface area contributed by atoms with Gasteiger partial charge in [0.25, 0.3) is 0 Å². The largest absolute Gasteiger partial charge is 0.476 e. The van der Waals surface area contributed by atoms with Gasteiger partial charge in [-0.25, -0.2) is 14.8 Å². The number of aromatic carboxylic acids is 1. The molecule has 0 radical (unpaired) electrons. The molecule has 1 heterocycles. The molecule has 0 aliphatic carbocycles. The maximum absolute atomic E-state index is 11.3. The molecule has 0 aliphatic heterocycles. The number of carboxylic acids is 1. The van der Waals surface area contributed by atoms with Gasteiger partial charge in [-0.05, 0) is 34.1 Å². The first-order valence-electron chi connectivity index (χ1n) is 6.11. The summed E-state index contributed by atoms with van der Waals surface area (Å²) in [6.07, 6.45) is 1.37. The lowest BCUT2D eigenvalue weighted by molar-refractivity contribution is 0.0686. The zero-order valence-electron chi connectivity index (χ0n) is 11.3. The second kappa shape index (κ2) is 6.41. The van der Waals surface area contributed by atoms with E-state index in [1.165, 1.54) is 6.20 Å². The fourth-order valence-electron chi connectivity index (χ4n) is 1.57. The molecule has 1 aromatic heterocycles. The SMILES string of the molecule is CC(C)c1ncc(Oc2ccc(Cl)cc2Br)c(C(=O)O)n1. The van der Waals surface area contributed by atoms with Crippen LogP contribution in [0.2, 0.25) is 5.02 Å². The Labute approximate surface area is 135 Å². The predicted molar refractivity (Wildman–Crippen MR) is 82.3 cm³/mol. The van der Waals surface area contributed by atoms with Gasteiger partial charge in [-0.2, -0.15) is 0 Å². The number of ether oxygens (including phenoxy) is 1. The molecule has 7 heteroatoms. The molecule has 1 aromatic carbocycles. The van der Waals surface area contributed by atoms with Gasteiger partial charge in [-0.15, -0.1) is 0 Å². The normalized spacial score (nSPS) is 10.7. The highest BCUT2D eigenvalue weighted by Crippen LogP contribution is 2.33. The van der Waals surface area contributed by atoms with Gasteiger partial charge < -0.3 is 9.84 Å². The van der Waals surface area contributed by atoms with Crippen LogP contribution in [0.5, 0.6) is 11.5 Å². The third-order valence-electron chi connectivity index (χ3n) is 2.61. The van der Waals surface area contributed by atoms with Gasteiger partial charge >= 0.3 is 5.97 Å². The molecule has 0 aliphatic rings. The summed E-state index contributed by atoms with van der Waals surface area (Å²) in [5.41, 5.74) is -0.171. The number of rotatable bonds is 4. The van der Waals surface area contributed by atoms with Crippen molar-refractivity contribution in [2.45, 2.75) is 19.8 Å². The van der Waals surface area contributed by atoms with Crippen LogP contribution in [0.3, 0.4) is 0 Å². The molecule has 0 spiro atoms. The molecule has 110 valence electrons. The molecule has 2 rings (SSSR count). The highest BCUT2D eigenvalue weighted by molar-refractivity contribution is 9.10. The maximum Gasteiger partial charge on any atom is 0.358 e. The van der Waals surface area contributed by atoms with E-state index >= 15 is 0 Å². The van der Waals surface area contributed by atoms with Crippen LogP contribution in [0, 0.1) is 0 Å². The number of hydrogen-bond acceptors (Lipinski definition) is 4. The summed E-state index contributed by atoms with van der Waals surface area (Å²) < 4.78 is 6.19. The first kappa shape index (κ1) is 15.7. The van der Waals surface area contributed by atoms with Gasteiger partial charge in [0.15, 0.2) is 11.4 Å². The van der Waals surface area contributed by atoms with Crippen LogP contribution in [0.1, 0.15) is 36.1 Å². The molecule has 2 aromatic rings. The predicted octanol–water partition coefficient (Wildman–Crippen LogP) is 4.51. The monoisotopic (exact) mass is 370 g/mol. The average Bonchev–Trinajstić information content (AvgIpc) is 2.41. The number of carbonyl (C=O) groups is 1. The van der Waals surface area contributed by atoms with Crippen molar-refractivity contribution >= 4 is 33.5 Å². The Kier molecular flexibility index (Phi) is 4.80. The fraction of sp³-hybridized carbons (Fsp3) is 0.214. The Morgan fingerprint density at radius 1 is 1.38 bits per heavy atom. The van der Waals surface area contributed by atoms with Crippen molar-refractivity contribution in [2.75, 3.05) is 0 Å². The van der Waals surface area contributed by atoms with Crippen LogP contribution in [0.25, 0.3) is 0 Å². The standard InChI is InChI=1S/C14H12BrClN2O3/c1-7(2)13-17-6-11(12(18-13)14(19)20)21-10-4-3-8(16)5-9(10)15/h3-7H,1-2H3,(H,19,20). The quantitative estimate of drug-likeness (QED) is 0.856. The molecule has 21 heavy (non-hydrogen) atoms. The molecule has 0 saturated carbocycles. The molecule has 0 unspecified atom stereocenters. The maximum atomic E-state index is 11.3. The number of benzene rings is 1. The Balaban J connectivity index is 2.41. The minimum absolute atomic E-state index is 0.0272. The van der Waals surface area contributed by atoms with Gasteiger partial charge in [0.1, 0.15) is 11.6 Å². The van der Waals surface area contributed by atoms with E-state index < -0.39 is 5.97 Å². The van der Waals surface area contributed by atoms with E-state index in [0.717, 1.165) is 0 Å².